The van der Waals surface area contributed by atoms with Gasteiger partial charge in [0, 0.05) is 25.7 Å². The predicted molar refractivity (Wildman–Crippen MR) is 82.3 cm³/mol. The molecule has 1 aliphatic carbocycles. The van der Waals surface area contributed by atoms with Crippen LogP contribution in [0.15, 0.2) is 0 Å². The lowest BCUT2D eigenvalue weighted by Gasteiger charge is -2.39. The summed E-state index contributed by atoms with van der Waals surface area (Å²) >= 11 is 0. The van der Waals surface area contributed by atoms with Crippen molar-refractivity contribution in [3.05, 3.63) is 0 Å². The zero-order valence-electron chi connectivity index (χ0n) is 13.9. The fourth-order valence-corrected chi connectivity index (χ4v) is 2.89. The van der Waals surface area contributed by atoms with Gasteiger partial charge >= 0.3 is 5.97 Å². The van der Waals surface area contributed by atoms with E-state index in [2.05, 4.69) is 24.1 Å². The normalized spacial score (nSPS) is 25.3. The smallest absolute Gasteiger partial charge is 0.326 e. The van der Waals surface area contributed by atoms with Crippen LogP contribution in [0.4, 0.5) is 0 Å². The van der Waals surface area contributed by atoms with Crippen molar-refractivity contribution in [2.75, 3.05) is 32.8 Å². The molecule has 0 amide bonds. The minimum Gasteiger partial charge on any atom is -0.465 e. The lowest BCUT2D eigenvalue weighted by Crippen LogP contribution is -2.55. The van der Waals surface area contributed by atoms with Crippen LogP contribution >= 0.6 is 0 Å². The molecule has 0 aromatic rings. The Hall–Kier alpha value is -0.650. The quantitative estimate of drug-likeness (QED) is 0.723. The standard InChI is InChI=1S/C16H30N2O3/c1-5-20-14(19)16(4,17-13-6-7-13)8-9-18-10-11-21-15(2,3)12-18/h13,17H,5-12H2,1-4H3. The van der Waals surface area contributed by atoms with Gasteiger partial charge in [-0.1, -0.05) is 0 Å². The first-order valence-corrected chi connectivity index (χ1v) is 8.16. The Morgan fingerprint density at radius 2 is 2.19 bits per heavy atom. The van der Waals surface area contributed by atoms with E-state index in [1.165, 1.54) is 12.8 Å². The fraction of sp³-hybridized carbons (Fsp3) is 0.938. The van der Waals surface area contributed by atoms with E-state index in [0.29, 0.717) is 12.6 Å². The van der Waals surface area contributed by atoms with E-state index in [1.54, 1.807) is 0 Å². The summed E-state index contributed by atoms with van der Waals surface area (Å²) in [5.41, 5.74) is -0.665. The summed E-state index contributed by atoms with van der Waals surface area (Å²) in [6.45, 7) is 12.0. The number of hydrogen-bond donors (Lipinski definition) is 1. The van der Waals surface area contributed by atoms with Crippen LogP contribution in [0.5, 0.6) is 0 Å². The summed E-state index contributed by atoms with van der Waals surface area (Å²) in [6.07, 6.45) is 3.11. The van der Waals surface area contributed by atoms with E-state index in [-0.39, 0.29) is 11.6 Å². The molecule has 0 aromatic carbocycles. The van der Waals surface area contributed by atoms with Gasteiger partial charge in [0.2, 0.25) is 0 Å². The molecule has 1 atom stereocenters. The van der Waals surface area contributed by atoms with Crippen LogP contribution in [0.3, 0.4) is 0 Å². The third-order valence-corrected chi connectivity index (χ3v) is 4.26. The number of carbonyl (C=O) groups is 1. The molecule has 2 fully saturated rings. The van der Waals surface area contributed by atoms with Crippen LogP contribution in [0.1, 0.15) is 47.0 Å². The van der Waals surface area contributed by atoms with Crippen LogP contribution in [-0.2, 0) is 14.3 Å². The van der Waals surface area contributed by atoms with Gasteiger partial charge in [0.05, 0.1) is 18.8 Å². The van der Waals surface area contributed by atoms with Crippen LogP contribution < -0.4 is 5.32 Å². The Balaban J connectivity index is 1.90. The summed E-state index contributed by atoms with van der Waals surface area (Å²) in [6, 6.07) is 0.487. The first-order valence-electron chi connectivity index (χ1n) is 8.16. The molecular weight excluding hydrogens is 268 g/mol. The molecule has 0 radical (unpaired) electrons. The molecule has 5 heteroatoms. The molecule has 0 spiro atoms. The second kappa shape index (κ2) is 6.63. The molecule has 2 rings (SSSR count). The summed E-state index contributed by atoms with van der Waals surface area (Å²) in [5.74, 6) is -0.121. The number of morpholine rings is 1. The fourth-order valence-electron chi connectivity index (χ4n) is 2.89. The van der Waals surface area contributed by atoms with Crippen LogP contribution in [0.25, 0.3) is 0 Å². The number of nitrogens with one attached hydrogen (secondary N) is 1. The molecule has 2 aliphatic rings. The van der Waals surface area contributed by atoms with Gasteiger partial charge in [-0.15, -0.1) is 0 Å². The van der Waals surface area contributed by atoms with E-state index in [9.17, 15) is 4.79 Å². The molecule has 1 unspecified atom stereocenters. The van der Waals surface area contributed by atoms with Gasteiger partial charge in [0.25, 0.3) is 0 Å². The number of nitrogens with zero attached hydrogens (tertiary/aromatic N) is 1. The van der Waals surface area contributed by atoms with Crippen molar-refractivity contribution in [2.24, 2.45) is 0 Å². The Morgan fingerprint density at radius 1 is 1.48 bits per heavy atom. The van der Waals surface area contributed by atoms with Crippen LogP contribution in [0, 0.1) is 0 Å². The van der Waals surface area contributed by atoms with Crippen molar-refractivity contribution in [1.82, 2.24) is 10.2 Å². The molecule has 122 valence electrons. The molecule has 0 bridgehead atoms. The maximum Gasteiger partial charge on any atom is 0.326 e. The van der Waals surface area contributed by atoms with Gasteiger partial charge in [-0.05, 0) is 47.0 Å². The van der Waals surface area contributed by atoms with E-state index in [4.69, 9.17) is 9.47 Å². The average Bonchev–Trinajstić information content (AvgIpc) is 3.19. The molecule has 1 aliphatic heterocycles. The minimum absolute atomic E-state index is 0.0947. The van der Waals surface area contributed by atoms with Crippen molar-refractivity contribution in [3.63, 3.8) is 0 Å². The highest BCUT2D eigenvalue weighted by Crippen LogP contribution is 2.26. The van der Waals surface area contributed by atoms with E-state index in [0.717, 1.165) is 32.7 Å². The lowest BCUT2D eigenvalue weighted by molar-refractivity contribution is -0.151. The zero-order chi connectivity index (χ0) is 15.5. The van der Waals surface area contributed by atoms with E-state index in [1.807, 2.05) is 13.8 Å². The monoisotopic (exact) mass is 298 g/mol. The lowest BCUT2D eigenvalue weighted by atomic mass is 9.96. The highest BCUT2D eigenvalue weighted by molar-refractivity contribution is 5.80. The second-order valence-corrected chi connectivity index (χ2v) is 7.11. The molecular formula is C16H30N2O3. The van der Waals surface area contributed by atoms with Crippen molar-refractivity contribution < 1.29 is 14.3 Å². The highest BCUT2D eigenvalue weighted by Gasteiger charge is 2.40. The molecule has 1 N–H and O–H groups in total. The number of hydrogen-bond acceptors (Lipinski definition) is 5. The first kappa shape index (κ1) is 16.7. The Labute approximate surface area is 128 Å². The third kappa shape index (κ3) is 4.94. The van der Waals surface area contributed by atoms with Gasteiger partial charge in [-0.25, -0.2) is 0 Å². The Bertz CT molecular complexity index is 369. The Kier molecular flexibility index (Phi) is 5.28. The SMILES string of the molecule is CCOC(=O)C(C)(CCN1CCOC(C)(C)C1)NC1CC1. The summed E-state index contributed by atoms with van der Waals surface area (Å²) < 4.78 is 11.0. The molecule has 1 saturated heterocycles. The second-order valence-electron chi connectivity index (χ2n) is 7.11. The minimum atomic E-state index is -0.570. The number of carbonyl (C=O) groups excluding carboxylic acids is 1. The zero-order valence-corrected chi connectivity index (χ0v) is 13.9. The summed E-state index contributed by atoms with van der Waals surface area (Å²) in [4.78, 5) is 14.7. The summed E-state index contributed by atoms with van der Waals surface area (Å²) in [5, 5.41) is 3.48. The third-order valence-electron chi connectivity index (χ3n) is 4.26. The Morgan fingerprint density at radius 3 is 2.76 bits per heavy atom. The van der Waals surface area contributed by atoms with Crippen molar-refractivity contribution in [1.29, 1.82) is 0 Å². The molecule has 21 heavy (non-hydrogen) atoms. The van der Waals surface area contributed by atoms with Gasteiger partial charge in [-0.3, -0.25) is 15.0 Å². The van der Waals surface area contributed by atoms with Crippen molar-refractivity contribution in [3.8, 4) is 0 Å². The highest BCUT2D eigenvalue weighted by atomic mass is 16.5. The van der Waals surface area contributed by atoms with Crippen molar-refractivity contribution >= 4 is 5.97 Å². The predicted octanol–water partition coefficient (Wildman–Crippen LogP) is 1.56. The van der Waals surface area contributed by atoms with Gasteiger partial charge in [0.15, 0.2) is 0 Å². The van der Waals surface area contributed by atoms with Gasteiger partial charge in [-0.2, -0.15) is 0 Å². The number of ether oxygens (including phenoxy) is 2. The topological polar surface area (TPSA) is 50.8 Å². The van der Waals surface area contributed by atoms with Crippen LogP contribution in [-0.4, -0.2) is 60.9 Å². The summed E-state index contributed by atoms with van der Waals surface area (Å²) in [7, 11) is 0. The molecule has 1 heterocycles. The van der Waals surface area contributed by atoms with E-state index >= 15 is 0 Å². The van der Waals surface area contributed by atoms with Gasteiger partial charge in [0.1, 0.15) is 5.54 Å². The maximum atomic E-state index is 12.3. The molecule has 0 aromatic heterocycles. The average molecular weight is 298 g/mol. The van der Waals surface area contributed by atoms with Crippen LogP contribution in [0.2, 0.25) is 0 Å². The van der Waals surface area contributed by atoms with E-state index < -0.39 is 5.54 Å². The largest absolute Gasteiger partial charge is 0.465 e. The molecule has 1 saturated carbocycles. The van der Waals surface area contributed by atoms with Gasteiger partial charge < -0.3 is 9.47 Å². The first-order chi connectivity index (χ1) is 9.85. The number of rotatable bonds is 7. The molecule has 5 nitrogen and oxygen atoms in total. The number of esters is 1. The maximum absolute atomic E-state index is 12.3. The van der Waals surface area contributed by atoms with Crippen molar-refractivity contribution in [2.45, 2.75) is 64.1 Å².